The van der Waals surface area contributed by atoms with Crippen LogP contribution < -0.4 is 14.8 Å². The van der Waals surface area contributed by atoms with Gasteiger partial charge in [-0.1, -0.05) is 43.8 Å². The molecule has 0 fully saturated rings. The highest BCUT2D eigenvalue weighted by molar-refractivity contribution is 7.98. The third kappa shape index (κ3) is 4.77. The molecule has 0 aliphatic carbocycles. The van der Waals surface area contributed by atoms with E-state index in [4.69, 9.17) is 9.47 Å². The van der Waals surface area contributed by atoms with Gasteiger partial charge in [0.05, 0.1) is 11.0 Å². The Morgan fingerprint density at radius 1 is 1.21 bits per heavy atom. The fourth-order valence-electron chi connectivity index (χ4n) is 3.47. The Balaban J connectivity index is 1.50. The lowest BCUT2D eigenvalue weighted by atomic mass is 10.0. The van der Waals surface area contributed by atoms with Crippen LogP contribution in [0.5, 0.6) is 11.5 Å². The molecule has 0 saturated heterocycles. The van der Waals surface area contributed by atoms with Gasteiger partial charge in [-0.15, -0.1) is 10.2 Å². The number of carbonyl (C=O) groups is 1. The van der Waals surface area contributed by atoms with Gasteiger partial charge in [0.2, 0.25) is 6.79 Å². The average molecular weight is 470 g/mol. The standard InChI is InChI=1S/C22H23N5O5S/c1-13(2)19(23-21(28)14-8-9-17-18(10-14)32-12-31-17)20-24-25-22(26(20)3)33-11-15-6-4-5-7-16(15)27(29)30/h4-10,13,19H,11-12H2,1-3H3,(H,23,28). The Morgan fingerprint density at radius 2 is 1.97 bits per heavy atom. The van der Waals surface area contributed by atoms with Gasteiger partial charge in [0.25, 0.3) is 11.6 Å². The Kier molecular flexibility index (Phi) is 6.50. The van der Waals surface area contributed by atoms with Crippen molar-refractivity contribution in [2.24, 2.45) is 13.0 Å². The first kappa shape index (κ1) is 22.6. The van der Waals surface area contributed by atoms with Crippen LogP contribution in [-0.2, 0) is 12.8 Å². The van der Waals surface area contributed by atoms with Crippen molar-refractivity contribution in [3.05, 3.63) is 69.5 Å². The number of hydrogen-bond donors (Lipinski definition) is 1. The van der Waals surface area contributed by atoms with E-state index in [-0.39, 0.29) is 30.3 Å². The number of nitrogens with one attached hydrogen (secondary N) is 1. The van der Waals surface area contributed by atoms with E-state index in [1.54, 1.807) is 36.4 Å². The second-order valence-electron chi connectivity index (χ2n) is 7.84. The van der Waals surface area contributed by atoms with E-state index in [1.807, 2.05) is 25.5 Å². The van der Waals surface area contributed by atoms with Crippen LogP contribution in [0.2, 0.25) is 0 Å². The maximum absolute atomic E-state index is 12.9. The third-order valence-electron chi connectivity index (χ3n) is 5.28. The predicted octanol–water partition coefficient (Wildman–Crippen LogP) is 3.87. The fourth-order valence-corrected chi connectivity index (χ4v) is 4.38. The molecule has 1 aromatic heterocycles. The van der Waals surface area contributed by atoms with Crippen LogP contribution in [0, 0.1) is 16.0 Å². The first-order chi connectivity index (χ1) is 15.8. The average Bonchev–Trinajstić information content (AvgIpc) is 3.41. The molecule has 0 bridgehead atoms. The van der Waals surface area contributed by atoms with Crippen molar-refractivity contribution in [3.63, 3.8) is 0 Å². The molecule has 11 heteroatoms. The fraction of sp³-hybridized carbons (Fsp3) is 0.318. The molecular weight excluding hydrogens is 446 g/mol. The van der Waals surface area contributed by atoms with Gasteiger partial charge in [-0.25, -0.2) is 0 Å². The highest BCUT2D eigenvalue weighted by Gasteiger charge is 2.26. The van der Waals surface area contributed by atoms with Crippen LogP contribution in [0.1, 0.15) is 41.6 Å². The molecule has 4 rings (SSSR count). The number of rotatable bonds is 8. The molecule has 1 aliphatic heterocycles. The van der Waals surface area contributed by atoms with Crippen LogP contribution in [0.15, 0.2) is 47.6 Å². The topological polar surface area (TPSA) is 121 Å². The van der Waals surface area contributed by atoms with Gasteiger partial charge >= 0.3 is 0 Å². The van der Waals surface area contributed by atoms with E-state index in [0.717, 1.165) is 0 Å². The number of nitro benzene ring substituents is 1. The Bertz CT molecular complexity index is 1200. The Morgan fingerprint density at radius 3 is 2.73 bits per heavy atom. The second kappa shape index (κ2) is 9.49. The van der Waals surface area contributed by atoms with Crippen molar-refractivity contribution in [1.29, 1.82) is 0 Å². The number of amides is 1. The lowest BCUT2D eigenvalue weighted by molar-refractivity contribution is -0.385. The summed E-state index contributed by atoms with van der Waals surface area (Å²) in [4.78, 5) is 23.8. The molecule has 1 aliphatic rings. The number of nitrogens with zero attached hydrogens (tertiary/aromatic N) is 4. The lowest BCUT2D eigenvalue weighted by Gasteiger charge is -2.21. The lowest BCUT2D eigenvalue weighted by Crippen LogP contribution is -2.33. The largest absolute Gasteiger partial charge is 0.454 e. The zero-order chi connectivity index (χ0) is 23.5. The first-order valence-electron chi connectivity index (χ1n) is 10.3. The quantitative estimate of drug-likeness (QED) is 0.300. The second-order valence-corrected chi connectivity index (χ2v) is 8.78. The van der Waals surface area contributed by atoms with Gasteiger partial charge in [-0.2, -0.15) is 0 Å². The van der Waals surface area contributed by atoms with E-state index in [1.165, 1.54) is 17.8 Å². The summed E-state index contributed by atoms with van der Waals surface area (Å²) in [6, 6.07) is 11.3. The number of nitro groups is 1. The Labute approximate surface area is 194 Å². The number of hydrogen-bond acceptors (Lipinski definition) is 8. The molecule has 0 radical (unpaired) electrons. The molecule has 1 N–H and O–H groups in total. The zero-order valence-corrected chi connectivity index (χ0v) is 19.2. The smallest absolute Gasteiger partial charge is 0.273 e. The Hall–Kier alpha value is -3.60. The van der Waals surface area contributed by atoms with E-state index < -0.39 is 4.92 Å². The number of carbonyl (C=O) groups excluding carboxylic acids is 1. The summed E-state index contributed by atoms with van der Waals surface area (Å²) in [6.07, 6.45) is 0. The highest BCUT2D eigenvalue weighted by Crippen LogP contribution is 2.33. The molecule has 2 aromatic carbocycles. The van der Waals surface area contributed by atoms with Crippen LogP contribution in [0.4, 0.5) is 5.69 Å². The van der Waals surface area contributed by atoms with E-state index >= 15 is 0 Å². The molecule has 2 heterocycles. The third-order valence-corrected chi connectivity index (χ3v) is 6.35. The minimum Gasteiger partial charge on any atom is -0.454 e. The van der Waals surface area contributed by atoms with Gasteiger partial charge in [-0.3, -0.25) is 14.9 Å². The minimum atomic E-state index is -0.390. The summed E-state index contributed by atoms with van der Waals surface area (Å²) in [5, 5.41) is 23.5. The molecular formula is C22H23N5O5S. The van der Waals surface area contributed by atoms with Crippen molar-refractivity contribution in [3.8, 4) is 11.5 Å². The normalized spacial score (nSPS) is 13.2. The molecule has 0 saturated carbocycles. The highest BCUT2D eigenvalue weighted by atomic mass is 32.2. The molecule has 172 valence electrons. The monoisotopic (exact) mass is 469 g/mol. The van der Waals surface area contributed by atoms with Crippen molar-refractivity contribution >= 4 is 23.4 Å². The van der Waals surface area contributed by atoms with E-state index in [0.29, 0.717) is 39.4 Å². The van der Waals surface area contributed by atoms with Crippen LogP contribution in [0.3, 0.4) is 0 Å². The van der Waals surface area contributed by atoms with Crippen molar-refractivity contribution < 1.29 is 19.2 Å². The first-order valence-corrected chi connectivity index (χ1v) is 11.3. The van der Waals surface area contributed by atoms with E-state index in [2.05, 4.69) is 15.5 Å². The molecule has 10 nitrogen and oxygen atoms in total. The van der Waals surface area contributed by atoms with Gasteiger partial charge in [-0.05, 0) is 24.1 Å². The van der Waals surface area contributed by atoms with Gasteiger partial charge in [0, 0.05) is 30.0 Å². The van der Waals surface area contributed by atoms with Gasteiger partial charge in [0.1, 0.15) is 0 Å². The number of ether oxygens (including phenoxy) is 2. The maximum atomic E-state index is 12.9. The minimum absolute atomic E-state index is 0.0407. The molecule has 3 aromatic rings. The molecule has 33 heavy (non-hydrogen) atoms. The predicted molar refractivity (Wildman–Crippen MR) is 121 cm³/mol. The summed E-state index contributed by atoms with van der Waals surface area (Å²) in [7, 11) is 1.82. The molecule has 1 atom stereocenters. The number of benzene rings is 2. The summed E-state index contributed by atoms with van der Waals surface area (Å²) in [5.41, 5.74) is 1.13. The summed E-state index contributed by atoms with van der Waals surface area (Å²) in [5.74, 6) is 1.91. The zero-order valence-electron chi connectivity index (χ0n) is 18.3. The molecule has 1 unspecified atom stereocenters. The van der Waals surface area contributed by atoms with E-state index in [9.17, 15) is 14.9 Å². The number of para-hydroxylation sites is 1. The number of fused-ring (bicyclic) bond motifs is 1. The van der Waals surface area contributed by atoms with Crippen molar-refractivity contribution in [1.82, 2.24) is 20.1 Å². The van der Waals surface area contributed by atoms with Crippen molar-refractivity contribution in [2.75, 3.05) is 6.79 Å². The van der Waals surface area contributed by atoms with Gasteiger partial charge < -0.3 is 19.4 Å². The SMILES string of the molecule is CC(C)C(NC(=O)c1ccc2c(c1)OCO2)c1nnc(SCc2ccccc2[N+](=O)[O-])n1C. The maximum Gasteiger partial charge on any atom is 0.273 e. The number of aromatic nitrogens is 3. The molecule has 1 amide bonds. The van der Waals surface area contributed by atoms with Gasteiger partial charge in [0.15, 0.2) is 22.5 Å². The van der Waals surface area contributed by atoms with Crippen LogP contribution in [-0.4, -0.2) is 32.4 Å². The summed E-state index contributed by atoms with van der Waals surface area (Å²) >= 11 is 1.35. The number of thioether (sulfide) groups is 1. The van der Waals surface area contributed by atoms with Crippen molar-refractivity contribution in [2.45, 2.75) is 30.8 Å². The van der Waals surface area contributed by atoms with Crippen LogP contribution >= 0.6 is 11.8 Å². The molecule has 0 spiro atoms. The summed E-state index contributed by atoms with van der Waals surface area (Å²) < 4.78 is 12.5. The summed E-state index contributed by atoms with van der Waals surface area (Å²) in [6.45, 7) is 4.11. The van der Waals surface area contributed by atoms with Crippen LogP contribution in [0.25, 0.3) is 0 Å².